The maximum atomic E-state index is 9.31. The third-order valence-electron chi connectivity index (χ3n) is 3.43. The predicted molar refractivity (Wildman–Crippen MR) is 81.2 cm³/mol. The van der Waals surface area contributed by atoms with Crippen LogP contribution in [0.3, 0.4) is 0 Å². The molecular formula is C16H23N3O2. The summed E-state index contributed by atoms with van der Waals surface area (Å²) in [7, 11) is 0. The lowest BCUT2D eigenvalue weighted by Gasteiger charge is -2.09. The molecule has 0 spiro atoms. The maximum Gasteiger partial charge on any atom is 0.119 e. The van der Waals surface area contributed by atoms with Gasteiger partial charge in [-0.1, -0.05) is 36.3 Å². The molecule has 5 nitrogen and oxygen atoms in total. The van der Waals surface area contributed by atoms with Gasteiger partial charge in [-0.2, -0.15) is 0 Å². The Labute approximate surface area is 125 Å². The van der Waals surface area contributed by atoms with Gasteiger partial charge in [-0.15, -0.1) is 5.10 Å². The summed E-state index contributed by atoms with van der Waals surface area (Å²) in [4.78, 5) is 0. The highest BCUT2D eigenvalue weighted by atomic mass is 16.5. The van der Waals surface area contributed by atoms with Gasteiger partial charge in [0.05, 0.1) is 18.8 Å². The van der Waals surface area contributed by atoms with Crippen molar-refractivity contribution in [3.63, 3.8) is 0 Å². The molecule has 0 radical (unpaired) electrons. The molecule has 1 aromatic carbocycles. The van der Waals surface area contributed by atoms with Crippen molar-refractivity contribution in [3.8, 4) is 5.75 Å². The van der Waals surface area contributed by atoms with Crippen LogP contribution in [0.5, 0.6) is 5.75 Å². The highest BCUT2D eigenvalue weighted by molar-refractivity contribution is 5.26. The molecule has 0 unspecified atom stereocenters. The Morgan fingerprint density at radius 1 is 1.24 bits per heavy atom. The molecule has 0 aliphatic rings. The topological polar surface area (TPSA) is 60.2 Å². The van der Waals surface area contributed by atoms with E-state index in [1.807, 2.05) is 28.9 Å². The molecule has 5 heteroatoms. The molecule has 21 heavy (non-hydrogen) atoms. The zero-order chi connectivity index (χ0) is 15.1. The Hall–Kier alpha value is -1.88. The van der Waals surface area contributed by atoms with Gasteiger partial charge in [-0.3, -0.25) is 0 Å². The number of hydrogen-bond acceptors (Lipinski definition) is 4. The van der Waals surface area contributed by atoms with E-state index < -0.39 is 0 Å². The molecule has 0 aliphatic carbocycles. The fourth-order valence-electron chi connectivity index (χ4n) is 2.17. The number of hydrogen-bond donors (Lipinski definition) is 1. The van der Waals surface area contributed by atoms with E-state index in [2.05, 4.69) is 24.2 Å². The Morgan fingerprint density at radius 2 is 2.00 bits per heavy atom. The molecule has 1 aromatic heterocycles. The number of aliphatic hydroxyl groups excluding tert-OH is 1. The maximum absolute atomic E-state index is 9.31. The minimum absolute atomic E-state index is 0.0577. The molecular weight excluding hydrogens is 266 g/mol. The fraction of sp³-hybridized carbons (Fsp3) is 0.500. The van der Waals surface area contributed by atoms with E-state index in [1.165, 1.54) is 5.56 Å². The van der Waals surface area contributed by atoms with E-state index in [9.17, 15) is 5.11 Å². The number of ether oxygens (including phenoxy) is 1. The molecule has 1 N–H and O–H groups in total. The first kappa shape index (κ1) is 15.5. The van der Waals surface area contributed by atoms with Crippen molar-refractivity contribution < 1.29 is 9.84 Å². The summed E-state index contributed by atoms with van der Waals surface area (Å²) < 4.78 is 7.56. The Kier molecular flexibility index (Phi) is 5.75. The summed E-state index contributed by atoms with van der Waals surface area (Å²) >= 11 is 0. The summed E-state index contributed by atoms with van der Waals surface area (Å²) in [6, 6.07) is 7.99. The minimum atomic E-state index is -0.0577. The van der Waals surface area contributed by atoms with Crippen molar-refractivity contribution in [2.24, 2.45) is 0 Å². The number of aryl methyl sites for hydroxylation is 1. The van der Waals surface area contributed by atoms with Crippen molar-refractivity contribution >= 4 is 0 Å². The molecule has 0 amide bonds. The van der Waals surface area contributed by atoms with Crippen molar-refractivity contribution in [2.45, 2.75) is 46.3 Å². The fourth-order valence-corrected chi connectivity index (χ4v) is 2.17. The monoisotopic (exact) mass is 289 g/mol. The summed E-state index contributed by atoms with van der Waals surface area (Å²) in [5.74, 6) is 0.859. The molecule has 2 rings (SSSR count). The summed E-state index contributed by atoms with van der Waals surface area (Å²) in [5.41, 5.74) is 2.92. The van der Waals surface area contributed by atoms with Crippen LogP contribution in [0.2, 0.25) is 0 Å². The van der Waals surface area contributed by atoms with Crippen LogP contribution in [0.25, 0.3) is 0 Å². The van der Waals surface area contributed by atoms with E-state index in [-0.39, 0.29) is 6.61 Å². The molecule has 2 aromatic rings. The Bertz CT molecular complexity index is 549. The molecule has 0 saturated carbocycles. The minimum Gasteiger partial charge on any atom is -0.492 e. The van der Waals surface area contributed by atoms with Gasteiger partial charge in [0.25, 0.3) is 0 Å². The van der Waals surface area contributed by atoms with Gasteiger partial charge in [0, 0.05) is 0 Å². The van der Waals surface area contributed by atoms with E-state index in [0.29, 0.717) is 18.8 Å². The second-order valence-electron chi connectivity index (χ2n) is 5.13. The lowest BCUT2D eigenvalue weighted by Crippen LogP contribution is -2.13. The van der Waals surface area contributed by atoms with Crippen LogP contribution in [0.4, 0.5) is 0 Å². The van der Waals surface area contributed by atoms with Crippen LogP contribution >= 0.6 is 0 Å². The SMILES string of the molecule is CCCCc1c(CO)nnn1CCOc1ccc(C)cc1. The molecule has 1 heterocycles. The molecule has 0 saturated heterocycles. The van der Waals surface area contributed by atoms with Crippen LogP contribution in [0.1, 0.15) is 36.7 Å². The Morgan fingerprint density at radius 3 is 2.67 bits per heavy atom. The van der Waals surface area contributed by atoms with Crippen molar-refractivity contribution in [3.05, 3.63) is 41.2 Å². The molecule has 114 valence electrons. The summed E-state index contributed by atoms with van der Waals surface area (Å²) in [6.07, 6.45) is 3.07. The van der Waals surface area contributed by atoms with Crippen molar-refractivity contribution in [1.29, 1.82) is 0 Å². The van der Waals surface area contributed by atoms with Gasteiger partial charge in [0.15, 0.2) is 0 Å². The summed E-state index contributed by atoms with van der Waals surface area (Å²) in [5, 5.41) is 17.5. The van der Waals surface area contributed by atoms with Gasteiger partial charge in [-0.25, -0.2) is 4.68 Å². The first-order valence-electron chi connectivity index (χ1n) is 7.46. The second kappa shape index (κ2) is 7.78. The van der Waals surface area contributed by atoms with Crippen molar-refractivity contribution in [1.82, 2.24) is 15.0 Å². The molecule has 0 atom stereocenters. The van der Waals surface area contributed by atoms with E-state index in [1.54, 1.807) is 0 Å². The van der Waals surface area contributed by atoms with Gasteiger partial charge in [0.2, 0.25) is 0 Å². The van der Waals surface area contributed by atoms with Crippen LogP contribution in [0, 0.1) is 6.92 Å². The van der Waals surface area contributed by atoms with Crippen LogP contribution in [-0.4, -0.2) is 26.7 Å². The highest BCUT2D eigenvalue weighted by Gasteiger charge is 2.11. The number of benzene rings is 1. The largest absolute Gasteiger partial charge is 0.492 e. The van der Waals surface area contributed by atoms with Crippen LogP contribution in [-0.2, 0) is 19.6 Å². The van der Waals surface area contributed by atoms with E-state index in [4.69, 9.17) is 4.74 Å². The van der Waals surface area contributed by atoms with Gasteiger partial charge < -0.3 is 9.84 Å². The average molecular weight is 289 g/mol. The smallest absolute Gasteiger partial charge is 0.119 e. The standard InChI is InChI=1S/C16H23N3O2/c1-3-4-5-16-15(12-20)17-18-19(16)10-11-21-14-8-6-13(2)7-9-14/h6-9,20H,3-5,10-12H2,1-2H3. The number of rotatable bonds is 8. The van der Waals surface area contributed by atoms with Crippen LogP contribution < -0.4 is 4.74 Å². The van der Waals surface area contributed by atoms with E-state index >= 15 is 0 Å². The zero-order valence-electron chi connectivity index (χ0n) is 12.7. The molecule has 0 fully saturated rings. The molecule has 0 bridgehead atoms. The van der Waals surface area contributed by atoms with Gasteiger partial charge in [-0.05, 0) is 31.9 Å². The lowest BCUT2D eigenvalue weighted by molar-refractivity contribution is 0.274. The number of nitrogens with zero attached hydrogens (tertiary/aromatic N) is 3. The van der Waals surface area contributed by atoms with E-state index in [0.717, 1.165) is 30.7 Å². The summed E-state index contributed by atoms with van der Waals surface area (Å²) in [6.45, 7) is 5.32. The lowest BCUT2D eigenvalue weighted by atomic mass is 10.1. The first-order valence-corrected chi connectivity index (χ1v) is 7.46. The van der Waals surface area contributed by atoms with Crippen molar-refractivity contribution in [2.75, 3.05) is 6.61 Å². The first-order chi connectivity index (χ1) is 10.2. The quantitative estimate of drug-likeness (QED) is 0.811. The molecule has 0 aliphatic heterocycles. The van der Waals surface area contributed by atoms with Gasteiger partial charge >= 0.3 is 0 Å². The Balaban J connectivity index is 1.93. The zero-order valence-corrected chi connectivity index (χ0v) is 12.7. The number of aliphatic hydroxyl groups is 1. The van der Waals surface area contributed by atoms with Crippen LogP contribution in [0.15, 0.2) is 24.3 Å². The predicted octanol–water partition coefficient (Wildman–Crippen LogP) is 2.50. The third-order valence-corrected chi connectivity index (χ3v) is 3.43. The highest BCUT2D eigenvalue weighted by Crippen LogP contribution is 2.13. The second-order valence-corrected chi connectivity index (χ2v) is 5.13. The normalized spacial score (nSPS) is 10.8. The average Bonchev–Trinajstić information content (AvgIpc) is 2.89. The number of unbranched alkanes of at least 4 members (excludes halogenated alkanes) is 1. The number of aromatic nitrogens is 3. The third kappa shape index (κ3) is 4.29. The van der Waals surface area contributed by atoms with Gasteiger partial charge in [0.1, 0.15) is 18.1 Å².